The van der Waals surface area contributed by atoms with Crippen molar-refractivity contribution in [3.05, 3.63) is 42.1 Å². The SMILES string of the molecule is NCCCc1cccc2cccnc12. The molecule has 0 saturated heterocycles. The van der Waals surface area contributed by atoms with Gasteiger partial charge in [0, 0.05) is 11.6 Å². The summed E-state index contributed by atoms with van der Waals surface area (Å²) in [4.78, 5) is 4.39. The number of benzene rings is 1. The summed E-state index contributed by atoms with van der Waals surface area (Å²) in [5.74, 6) is 0. The van der Waals surface area contributed by atoms with Gasteiger partial charge >= 0.3 is 0 Å². The van der Waals surface area contributed by atoms with E-state index in [1.165, 1.54) is 10.9 Å². The minimum Gasteiger partial charge on any atom is -0.330 e. The van der Waals surface area contributed by atoms with Crippen molar-refractivity contribution in [3.8, 4) is 0 Å². The first-order chi connectivity index (χ1) is 6.92. The minimum absolute atomic E-state index is 0.739. The van der Waals surface area contributed by atoms with Crippen LogP contribution in [-0.4, -0.2) is 11.5 Å². The third-order valence-electron chi connectivity index (χ3n) is 2.37. The molecule has 1 aromatic carbocycles. The highest BCUT2D eigenvalue weighted by Gasteiger charge is 1.99. The Balaban J connectivity index is 2.43. The molecule has 0 aliphatic rings. The molecule has 0 bridgehead atoms. The van der Waals surface area contributed by atoms with Crippen molar-refractivity contribution in [2.24, 2.45) is 5.73 Å². The van der Waals surface area contributed by atoms with E-state index in [2.05, 4.69) is 29.2 Å². The fourth-order valence-electron chi connectivity index (χ4n) is 1.66. The second-order valence-electron chi connectivity index (χ2n) is 3.38. The predicted molar refractivity (Wildman–Crippen MR) is 59.1 cm³/mol. The van der Waals surface area contributed by atoms with Crippen LogP contribution < -0.4 is 5.73 Å². The molecule has 0 fully saturated rings. The van der Waals surface area contributed by atoms with Crippen LogP contribution in [0, 0.1) is 0 Å². The Morgan fingerprint density at radius 3 is 2.86 bits per heavy atom. The van der Waals surface area contributed by atoms with Crippen molar-refractivity contribution in [2.45, 2.75) is 12.8 Å². The van der Waals surface area contributed by atoms with E-state index < -0.39 is 0 Å². The topological polar surface area (TPSA) is 38.9 Å². The second kappa shape index (κ2) is 4.20. The van der Waals surface area contributed by atoms with Gasteiger partial charge in [0.1, 0.15) is 0 Å². The van der Waals surface area contributed by atoms with Crippen LogP contribution in [0.2, 0.25) is 0 Å². The van der Waals surface area contributed by atoms with Crippen LogP contribution in [0.1, 0.15) is 12.0 Å². The summed E-state index contributed by atoms with van der Waals surface area (Å²) in [5, 5.41) is 1.21. The number of nitrogens with zero attached hydrogens (tertiary/aromatic N) is 1. The van der Waals surface area contributed by atoms with Gasteiger partial charge in [-0.1, -0.05) is 24.3 Å². The van der Waals surface area contributed by atoms with Crippen molar-refractivity contribution in [1.82, 2.24) is 4.98 Å². The summed E-state index contributed by atoms with van der Waals surface area (Å²) >= 11 is 0. The van der Waals surface area contributed by atoms with Crippen molar-refractivity contribution < 1.29 is 0 Å². The Bertz CT molecular complexity index is 418. The number of nitrogens with two attached hydrogens (primary N) is 1. The number of hydrogen-bond donors (Lipinski definition) is 1. The first-order valence-corrected chi connectivity index (χ1v) is 4.94. The third kappa shape index (κ3) is 1.75. The van der Waals surface area contributed by atoms with Crippen molar-refractivity contribution in [3.63, 3.8) is 0 Å². The van der Waals surface area contributed by atoms with Gasteiger partial charge < -0.3 is 5.73 Å². The molecule has 1 aromatic heterocycles. The smallest absolute Gasteiger partial charge is 0.0733 e. The lowest BCUT2D eigenvalue weighted by atomic mass is 10.1. The average molecular weight is 186 g/mol. The zero-order valence-corrected chi connectivity index (χ0v) is 8.11. The highest BCUT2D eigenvalue weighted by Crippen LogP contribution is 2.16. The molecule has 0 atom stereocenters. The summed E-state index contributed by atoms with van der Waals surface area (Å²) in [5.41, 5.74) is 7.91. The van der Waals surface area contributed by atoms with Gasteiger partial charge in [0.25, 0.3) is 0 Å². The molecule has 0 spiro atoms. The van der Waals surface area contributed by atoms with Crippen LogP contribution in [0.4, 0.5) is 0 Å². The Morgan fingerprint density at radius 2 is 2.00 bits per heavy atom. The van der Waals surface area contributed by atoms with Crippen LogP contribution in [0.5, 0.6) is 0 Å². The van der Waals surface area contributed by atoms with E-state index in [4.69, 9.17) is 5.73 Å². The Labute approximate surface area is 83.8 Å². The lowest BCUT2D eigenvalue weighted by Gasteiger charge is -2.03. The highest BCUT2D eigenvalue weighted by atomic mass is 14.6. The maximum atomic E-state index is 5.50. The van der Waals surface area contributed by atoms with Crippen LogP contribution in [-0.2, 0) is 6.42 Å². The van der Waals surface area contributed by atoms with E-state index in [1.54, 1.807) is 0 Å². The quantitative estimate of drug-likeness (QED) is 0.797. The molecular formula is C12H14N2. The largest absolute Gasteiger partial charge is 0.330 e. The Kier molecular flexibility index (Phi) is 2.75. The molecule has 0 radical (unpaired) electrons. The van der Waals surface area contributed by atoms with Gasteiger partial charge in [-0.15, -0.1) is 0 Å². The van der Waals surface area contributed by atoms with Gasteiger partial charge in [-0.3, -0.25) is 4.98 Å². The van der Waals surface area contributed by atoms with Gasteiger partial charge in [-0.05, 0) is 31.0 Å². The molecule has 2 heteroatoms. The van der Waals surface area contributed by atoms with Gasteiger partial charge in [-0.25, -0.2) is 0 Å². The standard InChI is InChI=1S/C12H14N2/c13-8-2-6-10-4-1-5-11-7-3-9-14-12(10)11/h1,3-5,7,9H,2,6,8,13H2. The van der Waals surface area contributed by atoms with E-state index in [-0.39, 0.29) is 0 Å². The summed E-state index contributed by atoms with van der Waals surface area (Å²) in [6.45, 7) is 0.739. The fraction of sp³-hybridized carbons (Fsp3) is 0.250. The van der Waals surface area contributed by atoms with Crippen molar-refractivity contribution in [1.29, 1.82) is 0 Å². The molecule has 72 valence electrons. The normalized spacial score (nSPS) is 10.6. The van der Waals surface area contributed by atoms with E-state index in [9.17, 15) is 0 Å². The molecular weight excluding hydrogens is 172 g/mol. The van der Waals surface area contributed by atoms with Crippen molar-refractivity contribution >= 4 is 10.9 Å². The van der Waals surface area contributed by atoms with E-state index in [1.807, 2.05) is 12.3 Å². The van der Waals surface area contributed by atoms with Crippen LogP contribution in [0.3, 0.4) is 0 Å². The van der Waals surface area contributed by atoms with Crippen LogP contribution in [0.15, 0.2) is 36.5 Å². The molecule has 0 aliphatic carbocycles. The molecule has 2 nitrogen and oxygen atoms in total. The second-order valence-corrected chi connectivity index (χ2v) is 3.38. The third-order valence-corrected chi connectivity index (χ3v) is 2.37. The fourth-order valence-corrected chi connectivity index (χ4v) is 1.66. The van der Waals surface area contributed by atoms with Crippen LogP contribution >= 0.6 is 0 Å². The number of rotatable bonds is 3. The maximum Gasteiger partial charge on any atom is 0.0733 e. The molecule has 2 N–H and O–H groups in total. The van der Waals surface area contributed by atoms with E-state index in [0.717, 1.165) is 24.9 Å². The summed E-state index contributed by atoms with van der Waals surface area (Å²) < 4.78 is 0. The van der Waals surface area contributed by atoms with Gasteiger partial charge in [0.2, 0.25) is 0 Å². The molecule has 0 unspecified atom stereocenters. The molecule has 2 aromatic rings. The molecule has 0 saturated carbocycles. The zero-order chi connectivity index (χ0) is 9.80. The molecule has 0 amide bonds. The van der Waals surface area contributed by atoms with Gasteiger partial charge in [-0.2, -0.15) is 0 Å². The minimum atomic E-state index is 0.739. The summed E-state index contributed by atoms with van der Waals surface area (Å²) in [6, 6.07) is 10.4. The molecule has 1 heterocycles. The molecule has 2 rings (SSSR count). The van der Waals surface area contributed by atoms with Gasteiger partial charge in [0.05, 0.1) is 5.52 Å². The number of aromatic nitrogens is 1. The number of hydrogen-bond acceptors (Lipinski definition) is 2. The first kappa shape index (κ1) is 9.16. The average Bonchev–Trinajstić information content (AvgIpc) is 2.26. The number of fused-ring (bicyclic) bond motifs is 1. The van der Waals surface area contributed by atoms with Gasteiger partial charge in [0.15, 0.2) is 0 Å². The Morgan fingerprint density at radius 1 is 1.14 bits per heavy atom. The highest BCUT2D eigenvalue weighted by molar-refractivity contribution is 5.81. The Hall–Kier alpha value is -1.41. The monoisotopic (exact) mass is 186 g/mol. The summed E-state index contributed by atoms with van der Waals surface area (Å²) in [7, 11) is 0. The lowest BCUT2D eigenvalue weighted by molar-refractivity contribution is 0.835. The maximum absolute atomic E-state index is 5.50. The molecule has 0 aliphatic heterocycles. The van der Waals surface area contributed by atoms with E-state index >= 15 is 0 Å². The lowest BCUT2D eigenvalue weighted by Crippen LogP contribution is -2.00. The number of aryl methyl sites for hydroxylation is 1. The van der Waals surface area contributed by atoms with Crippen LogP contribution in [0.25, 0.3) is 10.9 Å². The molecule has 14 heavy (non-hydrogen) atoms. The first-order valence-electron chi connectivity index (χ1n) is 4.94. The predicted octanol–water partition coefficient (Wildman–Crippen LogP) is 2.13. The zero-order valence-electron chi connectivity index (χ0n) is 8.11. The summed E-state index contributed by atoms with van der Waals surface area (Å²) in [6.07, 6.45) is 3.88. The van der Waals surface area contributed by atoms with Crippen molar-refractivity contribution in [2.75, 3.05) is 6.54 Å². The van der Waals surface area contributed by atoms with E-state index in [0.29, 0.717) is 0 Å². The number of para-hydroxylation sites is 1. The number of pyridine rings is 1.